The van der Waals surface area contributed by atoms with Gasteiger partial charge in [-0.2, -0.15) is 0 Å². The molecule has 2 aliphatic rings. The third kappa shape index (κ3) is 3.56. The van der Waals surface area contributed by atoms with Crippen molar-refractivity contribution < 1.29 is 23.9 Å². The van der Waals surface area contributed by atoms with Gasteiger partial charge in [-0.1, -0.05) is 30.3 Å². The zero-order valence-electron chi connectivity index (χ0n) is 16.6. The first-order valence-electron chi connectivity index (χ1n) is 9.79. The third-order valence-corrected chi connectivity index (χ3v) is 5.45. The van der Waals surface area contributed by atoms with E-state index in [0.717, 1.165) is 16.2 Å². The van der Waals surface area contributed by atoms with Gasteiger partial charge in [0.1, 0.15) is 18.0 Å². The summed E-state index contributed by atoms with van der Waals surface area (Å²) >= 11 is 0. The number of carbonyl (C=O) groups excluding carboxylic acids is 3. The van der Waals surface area contributed by atoms with Crippen LogP contribution in [0.5, 0.6) is 11.5 Å². The topological polar surface area (TPSA) is 97.0 Å². The average molecular weight is 409 g/mol. The van der Waals surface area contributed by atoms with Crippen LogP contribution in [0.1, 0.15) is 17.5 Å². The van der Waals surface area contributed by atoms with Crippen LogP contribution in [0.3, 0.4) is 0 Å². The molecule has 2 N–H and O–H groups in total. The lowest BCUT2D eigenvalue weighted by Gasteiger charge is -2.33. The van der Waals surface area contributed by atoms with Gasteiger partial charge in [0.2, 0.25) is 5.91 Å². The molecule has 0 saturated carbocycles. The minimum atomic E-state index is -1.17. The molecule has 1 fully saturated rings. The van der Waals surface area contributed by atoms with Crippen molar-refractivity contribution in [2.24, 2.45) is 0 Å². The van der Waals surface area contributed by atoms with Crippen molar-refractivity contribution in [2.75, 3.05) is 26.8 Å². The lowest BCUT2D eigenvalue weighted by atomic mass is 9.84. The van der Waals surface area contributed by atoms with Gasteiger partial charge >= 0.3 is 6.03 Å². The Labute approximate surface area is 174 Å². The van der Waals surface area contributed by atoms with Gasteiger partial charge in [0.25, 0.3) is 5.91 Å². The van der Waals surface area contributed by atoms with E-state index in [-0.39, 0.29) is 12.5 Å². The van der Waals surface area contributed by atoms with Gasteiger partial charge in [-0.05, 0) is 30.2 Å². The van der Waals surface area contributed by atoms with Crippen LogP contribution in [-0.2, 0) is 21.5 Å². The Morgan fingerprint density at radius 2 is 1.97 bits per heavy atom. The van der Waals surface area contributed by atoms with E-state index in [1.54, 1.807) is 25.3 Å². The highest BCUT2D eigenvalue weighted by Gasteiger charge is 2.55. The maximum atomic E-state index is 13.1. The van der Waals surface area contributed by atoms with Crippen molar-refractivity contribution in [3.63, 3.8) is 0 Å². The molecule has 156 valence electrons. The van der Waals surface area contributed by atoms with Crippen LogP contribution in [0.4, 0.5) is 4.79 Å². The monoisotopic (exact) mass is 409 g/mol. The fourth-order valence-electron chi connectivity index (χ4n) is 3.85. The summed E-state index contributed by atoms with van der Waals surface area (Å²) in [5.74, 6) is 0.533. The molecule has 0 aromatic heterocycles. The Morgan fingerprint density at radius 3 is 2.73 bits per heavy atom. The molecule has 1 atom stereocenters. The van der Waals surface area contributed by atoms with Crippen molar-refractivity contribution in [2.45, 2.75) is 18.4 Å². The second-order valence-electron chi connectivity index (χ2n) is 7.27. The van der Waals surface area contributed by atoms with Crippen LogP contribution < -0.4 is 20.1 Å². The Balaban J connectivity index is 1.37. The highest BCUT2D eigenvalue weighted by molar-refractivity contribution is 6.09. The molecule has 0 bridgehead atoms. The Morgan fingerprint density at radius 1 is 1.20 bits per heavy atom. The zero-order chi connectivity index (χ0) is 21.1. The lowest BCUT2D eigenvalue weighted by Crippen LogP contribution is -2.48. The number of urea groups is 1. The second-order valence-corrected chi connectivity index (χ2v) is 7.27. The molecule has 2 aromatic carbocycles. The van der Waals surface area contributed by atoms with Gasteiger partial charge < -0.3 is 20.1 Å². The van der Waals surface area contributed by atoms with Gasteiger partial charge in [-0.15, -0.1) is 0 Å². The summed E-state index contributed by atoms with van der Waals surface area (Å²) in [5.41, 5.74) is 0.496. The molecular weight excluding hydrogens is 386 g/mol. The maximum absolute atomic E-state index is 13.1. The number of benzene rings is 2. The highest BCUT2D eigenvalue weighted by Crippen LogP contribution is 2.40. The molecule has 1 saturated heterocycles. The first kappa shape index (κ1) is 19.8. The molecule has 1 unspecified atom stereocenters. The maximum Gasteiger partial charge on any atom is 0.325 e. The van der Waals surface area contributed by atoms with Gasteiger partial charge in [-0.25, -0.2) is 4.79 Å². The quantitative estimate of drug-likeness (QED) is 0.706. The summed E-state index contributed by atoms with van der Waals surface area (Å²) in [4.78, 5) is 39.0. The van der Waals surface area contributed by atoms with Crippen LogP contribution in [0.15, 0.2) is 48.5 Å². The van der Waals surface area contributed by atoms with Crippen LogP contribution in [-0.4, -0.2) is 49.6 Å². The fourth-order valence-corrected chi connectivity index (χ4v) is 3.85. The predicted molar refractivity (Wildman–Crippen MR) is 108 cm³/mol. The van der Waals surface area contributed by atoms with E-state index in [9.17, 15) is 14.4 Å². The Kier molecular flexibility index (Phi) is 5.31. The van der Waals surface area contributed by atoms with Crippen molar-refractivity contribution >= 4 is 17.8 Å². The SMILES string of the molecule is COc1ccc(CCNC(=O)CN2C(=O)NC3(CCOc4ccccc43)C2=O)cc1. The van der Waals surface area contributed by atoms with Crippen LogP contribution in [0, 0.1) is 0 Å². The number of para-hydroxylation sites is 1. The summed E-state index contributed by atoms with van der Waals surface area (Å²) in [7, 11) is 1.61. The van der Waals surface area contributed by atoms with Crippen molar-refractivity contribution in [3.05, 3.63) is 59.7 Å². The van der Waals surface area contributed by atoms with Crippen molar-refractivity contribution in [3.8, 4) is 11.5 Å². The summed E-state index contributed by atoms with van der Waals surface area (Å²) < 4.78 is 10.7. The molecule has 8 heteroatoms. The average Bonchev–Trinajstić information content (AvgIpc) is 2.99. The van der Waals surface area contributed by atoms with E-state index in [4.69, 9.17) is 9.47 Å². The molecule has 8 nitrogen and oxygen atoms in total. The summed E-state index contributed by atoms with van der Waals surface area (Å²) in [5, 5.41) is 5.56. The van der Waals surface area contributed by atoms with E-state index in [2.05, 4.69) is 10.6 Å². The number of carbonyl (C=O) groups is 3. The molecule has 4 rings (SSSR count). The molecule has 0 radical (unpaired) electrons. The smallest absolute Gasteiger partial charge is 0.325 e. The number of rotatable bonds is 6. The number of hydrogen-bond donors (Lipinski definition) is 2. The number of nitrogens with zero attached hydrogens (tertiary/aromatic N) is 1. The number of amides is 4. The largest absolute Gasteiger partial charge is 0.497 e. The van der Waals surface area contributed by atoms with Gasteiger partial charge in [-0.3, -0.25) is 14.5 Å². The summed E-state index contributed by atoms with van der Waals surface area (Å²) in [6.07, 6.45) is 0.953. The van der Waals surface area contributed by atoms with E-state index < -0.39 is 17.5 Å². The molecule has 30 heavy (non-hydrogen) atoms. The van der Waals surface area contributed by atoms with E-state index >= 15 is 0 Å². The van der Waals surface area contributed by atoms with Gasteiger partial charge in [0.15, 0.2) is 5.54 Å². The Bertz CT molecular complexity index is 975. The molecular formula is C22H23N3O5. The molecule has 4 amide bonds. The molecule has 2 aromatic rings. The standard InChI is InChI=1S/C22H23N3O5/c1-29-16-8-6-15(7-9-16)10-12-23-19(26)14-25-20(27)22(24-21(25)28)11-13-30-18-5-3-2-4-17(18)22/h2-9H,10-14H2,1H3,(H,23,26)(H,24,28). The molecule has 2 heterocycles. The molecule has 0 aliphatic carbocycles. The minimum absolute atomic E-state index is 0.310. The van der Waals surface area contributed by atoms with E-state index in [0.29, 0.717) is 37.3 Å². The first-order chi connectivity index (χ1) is 14.5. The zero-order valence-corrected chi connectivity index (χ0v) is 16.6. The fraction of sp³-hybridized carbons (Fsp3) is 0.318. The van der Waals surface area contributed by atoms with Crippen LogP contribution in [0.2, 0.25) is 0 Å². The highest BCUT2D eigenvalue weighted by atomic mass is 16.5. The Hall–Kier alpha value is -3.55. The van der Waals surface area contributed by atoms with Gasteiger partial charge in [0, 0.05) is 18.5 Å². The number of hydrogen-bond acceptors (Lipinski definition) is 5. The molecule has 2 aliphatic heterocycles. The van der Waals surface area contributed by atoms with Crippen molar-refractivity contribution in [1.29, 1.82) is 0 Å². The van der Waals surface area contributed by atoms with Gasteiger partial charge in [0.05, 0.1) is 13.7 Å². The molecule has 1 spiro atoms. The van der Waals surface area contributed by atoms with Crippen molar-refractivity contribution in [1.82, 2.24) is 15.5 Å². The number of ether oxygens (including phenoxy) is 2. The lowest BCUT2D eigenvalue weighted by molar-refractivity contribution is -0.136. The number of nitrogens with one attached hydrogen (secondary N) is 2. The van der Waals surface area contributed by atoms with E-state index in [1.807, 2.05) is 30.3 Å². The minimum Gasteiger partial charge on any atom is -0.497 e. The van der Waals surface area contributed by atoms with Crippen LogP contribution in [0.25, 0.3) is 0 Å². The van der Waals surface area contributed by atoms with E-state index in [1.165, 1.54) is 0 Å². The summed E-state index contributed by atoms with van der Waals surface area (Å²) in [6.45, 7) is 0.389. The van der Waals surface area contributed by atoms with Crippen LogP contribution >= 0.6 is 0 Å². The predicted octanol–water partition coefficient (Wildman–Crippen LogP) is 1.58. The first-order valence-corrected chi connectivity index (χ1v) is 9.79. The third-order valence-electron chi connectivity index (χ3n) is 5.45. The number of methoxy groups -OCH3 is 1. The summed E-state index contributed by atoms with van der Waals surface area (Å²) in [6, 6.07) is 14.1. The normalized spacial score (nSPS) is 19.8. The number of fused-ring (bicyclic) bond motifs is 2. The second kappa shape index (κ2) is 8.06. The number of imide groups is 1.